The monoisotopic (exact) mass is 335 g/mol. The van der Waals surface area contributed by atoms with Gasteiger partial charge in [-0.05, 0) is 30.7 Å². The molecule has 0 aliphatic heterocycles. The number of aliphatic carboxylic acids is 1. The third kappa shape index (κ3) is 3.68. The van der Waals surface area contributed by atoms with E-state index >= 15 is 0 Å². The highest BCUT2D eigenvalue weighted by atomic mass is 35.5. The SMILES string of the molecule is O=C(O)[C@H]1C[C@@H]1C(=O)NCCc1nc(-c2ccc(Cl)cc2)no1. The summed E-state index contributed by atoms with van der Waals surface area (Å²) in [5.74, 6) is -1.27. The maximum atomic E-state index is 11.7. The molecular weight excluding hydrogens is 322 g/mol. The minimum absolute atomic E-state index is 0.241. The maximum absolute atomic E-state index is 11.7. The van der Waals surface area contributed by atoms with Crippen LogP contribution in [0.4, 0.5) is 0 Å². The van der Waals surface area contributed by atoms with Gasteiger partial charge in [0.25, 0.3) is 0 Å². The number of rotatable bonds is 6. The molecule has 1 amide bonds. The molecule has 23 heavy (non-hydrogen) atoms. The lowest BCUT2D eigenvalue weighted by Gasteiger charge is -2.01. The molecule has 0 radical (unpaired) electrons. The minimum atomic E-state index is -0.922. The molecule has 8 heteroatoms. The Kier molecular flexibility index (Phi) is 4.29. The number of halogens is 1. The number of carboxylic acids is 1. The van der Waals surface area contributed by atoms with Crippen molar-refractivity contribution in [3.8, 4) is 11.4 Å². The van der Waals surface area contributed by atoms with E-state index in [4.69, 9.17) is 21.2 Å². The summed E-state index contributed by atoms with van der Waals surface area (Å²) in [5, 5.41) is 16.0. The average Bonchev–Trinajstić information content (AvgIpc) is 3.21. The van der Waals surface area contributed by atoms with Gasteiger partial charge in [-0.3, -0.25) is 9.59 Å². The summed E-state index contributed by atoms with van der Waals surface area (Å²) in [5.41, 5.74) is 0.788. The van der Waals surface area contributed by atoms with Crippen molar-refractivity contribution in [1.82, 2.24) is 15.5 Å². The summed E-state index contributed by atoms with van der Waals surface area (Å²) >= 11 is 5.82. The van der Waals surface area contributed by atoms with E-state index in [2.05, 4.69) is 15.5 Å². The van der Waals surface area contributed by atoms with Gasteiger partial charge < -0.3 is 14.9 Å². The van der Waals surface area contributed by atoms with Gasteiger partial charge >= 0.3 is 5.97 Å². The second-order valence-electron chi connectivity index (χ2n) is 5.35. The van der Waals surface area contributed by atoms with Gasteiger partial charge in [0, 0.05) is 23.6 Å². The lowest BCUT2D eigenvalue weighted by Crippen LogP contribution is -2.28. The number of carboxylic acid groups (broad SMARTS) is 1. The Hall–Kier alpha value is -2.41. The first kappa shape index (κ1) is 15.5. The third-order valence-electron chi connectivity index (χ3n) is 3.65. The number of amides is 1. The molecule has 1 aliphatic rings. The highest BCUT2D eigenvalue weighted by Crippen LogP contribution is 2.38. The summed E-state index contributed by atoms with van der Waals surface area (Å²) in [4.78, 5) is 26.7. The van der Waals surface area contributed by atoms with Crippen LogP contribution in [-0.4, -0.2) is 33.7 Å². The van der Waals surface area contributed by atoms with Gasteiger partial charge in [0.1, 0.15) is 0 Å². The molecule has 1 fully saturated rings. The van der Waals surface area contributed by atoms with Crippen LogP contribution in [0.5, 0.6) is 0 Å². The van der Waals surface area contributed by atoms with Crippen LogP contribution >= 0.6 is 11.6 Å². The summed E-state index contributed by atoms with van der Waals surface area (Å²) in [6, 6.07) is 7.05. The van der Waals surface area contributed by atoms with Crippen molar-refractivity contribution in [1.29, 1.82) is 0 Å². The van der Waals surface area contributed by atoms with Crippen LogP contribution in [0.2, 0.25) is 5.02 Å². The van der Waals surface area contributed by atoms with Crippen LogP contribution in [0.3, 0.4) is 0 Å². The van der Waals surface area contributed by atoms with Crippen LogP contribution in [-0.2, 0) is 16.0 Å². The zero-order chi connectivity index (χ0) is 16.4. The van der Waals surface area contributed by atoms with Crippen molar-refractivity contribution < 1.29 is 19.2 Å². The maximum Gasteiger partial charge on any atom is 0.307 e. The van der Waals surface area contributed by atoms with Crippen molar-refractivity contribution in [2.75, 3.05) is 6.54 Å². The van der Waals surface area contributed by atoms with Gasteiger partial charge in [-0.1, -0.05) is 16.8 Å². The molecular formula is C15H14ClN3O4. The molecule has 2 N–H and O–H groups in total. The first-order chi connectivity index (χ1) is 11.0. The number of carbonyl (C=O) groups is 2. The zero-order valence-corrected chi connectivity index (χ0v) is 12.8. The van der Waals surface area contributed by atoms with Gasteiger partial charge in [0.05, 0.1) is 11.8 Å². The van der Waals surface area contributed by atoms with Crippen LogP contribution in [0.15, 0.2) is 28.8 Å². The largest absolute Gasteiger partial charge is 0.481 e. The van der Waals surface area contributed by atoms with E-state index in [-0.39, 0.29) is 5.91 Å². The topological polar surface area (TPSA) is 105 Å². The number of nitrogens with one attached hydrogen (secondary N) is 1. The smallest absolute Gasteiger partial charge is 0.307 e. The zero-order valence-electron chi connectivity index (χ0n) is 12.0. The first-order valence-corrected chi connectivity index (χ1v) is 7.51. The summed E-state index contributed by atoms with van der Waals surface area (Å²) < 4.78 is 5.13. The summed E-state index contributed by atoms with van der Waals surface area (Å²) in [7, 11) is 0. The quantitative estimate of drug-likeness (QED) is 0.833. The molecule has 120 valence electrons. The molecule has 7 nitrogen and oxygen atoms in total. The third-order valence-corrected chi connectivity index (χ3v) is 3.90. The van der Waals surface area contributed by atoms with E-state index in [1.165, 1.54) is 0 Å². The van der Waals surface area contributed by atoms with Gasteiger partial charge in [0.2, 0.25) is 17.6 Å². The number of hydrogen-bond donors (Lipinski definition) is 2. The predicted octanol–water partition coefficient (Wildman–Crippen LogP) is 1.77. The number of carbonyl (C=O) groups excluding carboxylic acids is 1. The second kappa shape index (κ2) is 6.37. The van der Waals surface area contributed by atoms with E-state index in [9.17, 15) is 9.59 Å². The molecule has 1 aliphatic carbocycles. The molecule has 0 spiro atoms. The van der Waals surface area contributed by atoms with Gasteiger partial charge in [-0.15, -0.1) is 0 Å². The molecule has 1 saturated carbocycles. The summed E-state index contributed by atoms with van der Waals surface area (Å²) in [6.45, 7) is 0.323. The fourth-order valence-corrected chi connectivity index (χ4v) is 2.38. The number of hydrogen-bond acceptors (Lipinski definition) is 5. The van der Waals surface area contributed by atoms with Gasteiger partial charge in [-0.2, -0.15) is 4.98 Å². The highest BCUT2D eigenvalue weighted by molar-refractivity contribution is 6.30. The molecule has 3 rings (SSSR count). The van der Waals surface area contributed by atoms with Crippen molar-refractivity contribution in [3.63, 3.8) is 0 Å². The van der Waals surface area contributed by atoms with Gasteiger partial charge in [-0.25, -0.2) is 0 Å². The molecule has 2 atom stereocenters. The lowest BCUT2D eigenvalue weighted by molar-refractivity contribution is -0.140. The Morgan fingerprint density at radius 1 is 1.30 bits per heavy atom. The molecule has 1 aromatic heterocycles. The Morgan fingerprint density at radius 2 is 2.04 bits per heavy atom. The van der Waals surface area contributed by atoms with E-state index in [1.807, 2.05) is 0 Å². The molecule has 0 unspecified atom stereocenters. The highest BCUT2D eigenvalue weighted by Gasteiger charge is 2.48. The van der Waals surface area contributed by atoms with Gasteiger partial charge in [0.15, 0.2) is 0 Å². The Morgan fingerprint density at radius 3 is 2.70 bits per heavy atom. The normalized spacial score (nSPS) is 19.3. The van der Waals surface area contributed by atoms with E-state index in [0.29, 0.717) is 36.1 Å². The van der Waals surface area contributed by atoms with Crippen molar-refractivity contribution in [2.45, 2.75) is 12.8 Å². The van der Waals surface area contributed by atoms with E-state index < -0.39 is 17.8 Å². The summed E-state index contributed by atoms with van der Waals surface area (Å²) in [6.07, 6.45) is 0.791. The minimum Gasteiger partial charge on any atom is -0.481 e. The molecule has 0 bridgehead atoms. The molecule has 1 heterocycles. The molecule has 2 aromatic rings. The van der Waals surface area contributed by atoms with Crippen molar-refractivity contribution in [3.05, 3.63) is 35.2 Å². The van der Waals surface area contributed by atoms with Crippen LogP contribution < -0.4 is 5.32 Å². The average molecular weight is 336 g/mol. The Bertz CT molecular complexity index is 729. The standard InChI is InChI=1S/C15H14ClN3O4/c16-9-3-1-8(2-4-9)13-18-12(23-19-13)5-6-17-14(20)10-7-11(10)15(21)22/h1-4,10-11H,5-7H2,(H,17,20)(H,21,22)/t10-,11-/m0/s1. The van der Waals surface area contributed by atoms with E-state index in [0.717, 1.165) is 5.56 Å². The fraction of sp³-hybridized carbons (Fsp3) is 0.333. The lowest BCUT2D eigenvalue weighted by atomic mass is 10.2. The number of benzene rings is 1. The molecule has 0 saturated heterocycles. The predicted molar refractivity (Wildman–Crippen MR) is 80.7 cm³/mol. The van der Waals surface area contributed by atoms with Crippen LogP contribution in [0.1, 0.15) is 12.3 Å². The van der Waals surface area contributed by atoms with E-state index in [1.54, 1.807) is 24.3 Å². The van der Waals surface area contributed by atoms with Crippen LogP contribution in [0.25, 0.3) is 11.4 Å². The van der Waals surface area contributed by atoms with Crippen LogP contribution in [0, 0.1) is 11.8 Å². The Balaban J connectivity index is 1.49. The Labute approximate surface area is 136 Å². The number of nitrogens with zero attached hydrogens (tertiary/aromatic N) is 2. The van der Waals surface area contributed by atoms with Crippen molar-refractivity contribution >= 4 is 23.5 Å². The second-order valence-corrected chi connectivity index (χ2v) is 5.78. The first-order valence-electron chi connectivity index (χ1n) is 7.13. The van der Waals surface area contributed by atoms with Crippen molar-refractivity contribution in [2.24, 2.45) is 11.8 Å². The number of aromatic nitrogens is 2. The fourth-order valence-electron chi connectivity index (χ4n) is 2.25. The molecule has 1 aromatic carbocycles.